The van der Waals surface area contributed by atoms with Gasteiger partial charge < -0.3 is 9.64 Å². The van der Waals surface area contributed by atoms with Crippen LogP contribution in [0.2, 0.25) is 0 Å². The Bertz CT molecular complexity index is 1410. The van der Waals surface area contributed by atoms with Crippen LogP contribution in [-0.2, 0) is 10.0 Å². The fraction of sp³-hybridized carbons (Fsp3) is 0.444. The summed E-state index contributed by atoms with van der Waals surface area (Å²) in [6.45, 7) is 12.2. The number of aromatic nitrogens is 3. The van der Waals surface area contributed by atoms with E-state index in [1.807, 2.05) is 18.7 Å². The summed E-state index contributed by atoms with van der Waals surface area (Å²) in [7, 11) is -4.16. The molecule has 1 unspecified atom stereocenters. The van der Waals surface area contributed by atoms with Gasteiger partial charge in [-0.25, -0.2) is 14.1 Å². The monoisotopic (exact) mass is 545 g/mol. The van der Waals surface area contributed by atoms with E-state index in [1.54, 1.807) is 12.1 Å². The maximum absolute atomic E-state index is 14.5. The van der Waals surface area contributed by atoms with Gasteiger partial charge >= 0.3 is 0 Å². The standard InChI is InChI=1S/C27H34FN5O4S.H2/c1-17(2)15-37-21-13-19(12-20(28)14-21)23-7-6-22(26(34)32-38(35,36)24-8-10-29-31-24)25(30-23)33-11-9-18(3)27(4,5)16-33;/h6-8,10,12-14,17-18H,9,11,15-16H2,1-5H3,(H,29,31)(H,32,34);1H. The first-order valence-electron chi connectivity index (χ1n) is 12.6. The minimum absolute atomic E-state index is 0. The quantitative estimate of drug-likeness (QED) is 0.414. The Morgan fingerprint density at radius 1 is 1.29 bits per heavy atom. The van der Waals surface area contributed by atoms with Gasteiger partial charge in [-0.15, -0.1) is 0 Å². The highest BCUT2D eigenvalue weighted by Crippen LogP contribution is 2.38. The van der Waals surface area contributed by atoms with Gasteiger partial charge in [-0.2, -0.15) is 13.5 Å². The lowest BCUT2D eigenvalue weighted by Crippen LogP contribution is -2.46. The molecule has 1 aliphatic rings. The number of anilines is 1. The van der Waals surface area contributed by atoms with E-state index in [1.165, 1.54) is 30.5 Å². The molecule has 0 aliphatic carbocycles. The fourth-order valence-corrected chi connectivity index (χ4v) is 5.23. The number of halogens is 1. The molecule has 3 heterocycles. The summed E-state index contributed by atoms with van der Waals surface area (Å²) in [6.07, 6.45) is 2.16. The molecule has 1 fully saturated rings. The minimum atomic E-state index is -4.16. The van der Waals surface area contributed by atoms with Crippen molar-refractivity contribution in [3.63, 3.8) is 0 Å². The van der Waals surface area contributed by atoms with Gasteiger partial charge in [0.2, 0.25) is 0 Å². The molecule has 38 heavy (non-hydrogen) atoms. The molecular weight excluding hydrogens is 509 g/mol. The number of nitrogens with one attached hydrogen (secondary N) is 2. The number of aromatic amines is 1. The smallest absolute Gasteiger partial charge is 0.281 e. The van der Waals surface area contributed by atoms with Gasteiger partial charge in [0.25, 0.3) is 15.9 Å². The third-order valence-corrected chi connectivity index (χ3v) is 8.19. The first-order valence-corrected chi connectivity index (χ1v) is 14.1. The normalized spacial score (nSPS) is 17.4. The summed E-state index contributed by atoms with van der Waals surface area (Å²) in [4.78, 5) is 20.1. The van der Waals surface area contributed by atoms with Crippen LogP contribution >= 0.6 is 0 Å². The largest absolute Gasteiger partial charge is 0.493 e. The predicted molar refractivity (Wildman–Crippen MR) is 145 cm³/mol. The molecule has 1 amide bonds. The molecule has 3 aromatic rings. The molecule has 1 aliphatic heterocycles. The van der Waals surface area contributed by atoms with Gasteiger partial charge in [-0.3, -0.25) is 9.89 Å². The fourth-order valence-electron chi connectivity index (χ4n) is 4.36. The number of ether oxygens (including phenoxy) is 1. The van der Waals surface area contributed by atoms with E-state index in [4.69, 9.17) is 9.72 Å². The average molecular weight is 546 g/mol. The minimum Gasteiger partial charge on any atom is -0.493 e. The molecule has 9 nitrogen and oxygen atoms in total. The van der Waals surface area contributed by atoms with E-state index < -0.39 is 21.7 Å². The van der Waals surface area contributed by atoms with Crippen LogP contribution in [0.4, 0.5) is 10.2 Å². The molecular formula is C27H36FN5O4S. The lowest BCUT2D eigenvalue weighted by Gasteiger charge is -2.44. The number of H-pyrrole nitrogens is 1. The van der Waals surface area contributed by atoms with Crippen molar-refractivity contribution in [1.82, 2.24) is 19.9 Å². The summed E-state index contributed by atoms with van der Waals surface area (Å²) in [5.41, 5.74) is 0.974. The second kappa shape index (κ2) is 10.7. The van der Waals surface area contributed by atoms with E-state index in [2.05, 4.69) is 35.7 Å². The molecule has 1 aromatic carbocycles. The highest BCUT2D eigenvalue weighted by molar-refractivity contribution is 7.90. The Morgan fingerprint density at radius 3 is 2.71 bits per heavy atom. The number of piperidine rings is 1. The molecule has 0 spiro atoms. The summed E-state index contributed by atoms with van der Waals surface area (Å²) in [5, 5.41) is 5.78. The van der Waals surface area contributed by atoms with E-state index >= 15 is 0 Å². The molecule has 0 saturated carbocycles. The van der Waals surface area contributed by atoms with Crippen molar-refractivity contribution in [2.45, 2.75) is 46.1 Å². The van der Waals surface area contributed by atoms with Crippen molar-refractivity contribution in [1.29, 1.82) is 0 Å². The zero-order chi connectivity index (χ0) is 27.7. The number of hydrogen-bond donors (Lipinski definition) is 2. The third kappa shape index (κ3) is 6.15. The lowest BCUT2D eigenvalue weighted by atomic mass is 9.75. The molecule has 2 N–H and O–H groups in total. The number of pyridine rings is 1. The third-order valence-electron chi connectivity index (χ3n) is 6.93. The molecule has 206 valence electrons. The number of nitrogens with zero attached hydrogens (tertiary/aromatic N) is 3. The SMILES string of the molecule is CC(C)COc1cc(F)cc(-c2ccc(C(=O)NS(=O)(=O)c3ccn[nH]3)c(N3CCC(C)C(C)(C)C3)n2)c1.[HH]. The maximum atomic E-state index is 14.5. The molecule has 4 rings (SSSR count). The number of amides is 1. The lowest BCUT2D eigenvalue weighted by molar-refractivity contribution is 0.0980. The Kier molecular flexibility index (Phi) is 7.78. The van der Waals surface area contributed by atoms with Crippen LogP contribution < -0.4 is 14.4 Å². The van der Waals surface area contributed by atoms with Gasteiger partial charge in [0.15, 0.2) is 5.03 Å². The molecule has 11 heteroatoms. The molecule has 0 radical (unpaired) electrons. The van der Waals surface area contributed by atoms with Gasteiger partial charge in [0.05, 0.1) is 24.1 Å². The summed E-state index contributed by atoms with van der Waals surface area (Å²) in [5.74, 6) is 0.164. The Labute approximate surface area is 224 Å². The number of carbonyl (C=O) groups is 1. The Balaban J connectivity index is 0.00000420. The van der Waals surface area contributed by atoms with Crippen LogP contribution in [0.1, 0.15) is 52.8 Å². The number of rotatable bonds is 8. The summed E-state index contributed by atoms with van der Waals surface area (Å²) >= 11 is 0. The van der Waals surface area contributed by atoms with Gasteiger partial charge in [0.1, 0.15) is 17.4 Å². The maximum Gasteiger partial charge on any atom is 0.281 e. The van der Waals surface area contributed by atoms with Crippen molar-refractivity contribution in [3.8, 4) is 17.0 Å². The van der Waals surface area contributed by atoms with Crippen LogP contribution in [0.25, 0.3) is 11.3 Å². The van der Waals surface area contributed by atoms with Crippen molar-refractivity contribution in [3.05, 3.63) is 54.0 Å². The first kappa shape index (κ1) is 27.6. The number of benzene rings is 1. The van der Waals surface area contributed by atoms with E-state index in [0.29, 0.717) is 48.4 Å². The van der Waals surface area contributed by atoms with Gasteiger partial charge in [0, 0.05) is 26.1 Å². The second-order valence-electron chi connectivity index (χ2n) is 10.9. The molecule has 0 bridgehead atoms. The number of hydrogen-bond acceptors (Lipinski definition) is 7. The van der Waals surface area contributed by atoms with Crippen LogP contribution in [-0.4, -0.2) is 49.2 Å². The number of sulfonamides is 1. The molecule has 1 atom stereocenters. The van der Waals surface area contributed by atoms with Crippen LogP contribution in [0.3, 0.4) is 0 Å². The van der Waals surface area contributed by atoms with Crippen LogP contribution in [0, 0.1) is 23.1 Å². The summed E-state index contributed by atoms with van der Waals surface area (Å²) < 4.78 is 47.7. The van der Waals surface area contributed by atoms with Crippen LogP contribution in [0.5, 0.6) is 5.75 Å². The van der Waals surface area contributed by atoms with Crippen molar-refractivity contribution < 1.29 is 23.8 Å². The highest BCUT2D eigenvalue weighted by Gasteiger charge is 2.35. The average Bonchev–Trinajstić information content (AvgIpc) is 3.40. The van der Waals surface area contributed by atoms with Gasteiger partial charge in [-0.05, 0) is 54.0 Å². The predicted octanol–water partition coefficient (Wildman–Crippen LogP) is 4.88. The molecule has 2 aromatic heterocycles. The Hall–Kier alpha value is -3.47. The zero-order valence-electron chi connectivity index (χ0n) is 22.3. The Morgan fingerprint density at radius 2 is 2.05 bits per heavy atom. The first-order chi connectivity index (χ1) is 17.9. The van der Waals surface area contributed by atoms with Gasteiger partial charge in [-0.1, -0.05) is 34.6 Å². The second-order valence-corrected chi connectivity index (χ2v) is 12.6. The van der Waals surface area contributed by atoms with Crippen molar-refractivity contribution >= 4 is 21.7 Å². The number of carbonyl (C=O) groups excluding carboxylic acids is 1. The van der Waals surface area contributed by atoms with E-state index in [9.17, 15) is 17.6 Å². The van der Waals surface area contributed by atoms with Crippen LogP contribution in [0.15, 0.2) is 47.6 Å². The van der Waals surface area contributed by atoms with Crippen molar-refractivity contribution in [2.24, 2.45) is 17.3 Å². The van der Waals surface area contributed by atoms with E-state index in [-0.39, 0.29) is 23.3 Å². The summed E-state index contributed by atoms with van der Waals surface area (Å²) in [6, 6.07) is 8.76. The van der Waals surface area contributed by atoms with Crippen molar-refractivity contribution in [2.75, 3.05) is 24.6 Å². The molecule has 1 saturated heterocycles. The zero-order valence-corrected chi connectivity index (χ0v) is 23.1. The van der Waals surface area contributed by atoms with E-state index in [0.717, 1.165) is 6.42 Å². The highest BCUT2D eigenvalue weighted by atomic mass is 32.2. The topological polar surface area (TPSA) is 117 Å².